The normalized spacial score (nSPS) is 20.4. The number of nitrogens with zero attached hydrogens (tertiary/aromatic N) is 3. The molecule has 2 aliphatic heterocycles. The van der Waals surface area contributed by atoms with Crippen molar-refractivity contribution in [2.24, 2.45) is 0 Å². The quantitative estimate of drug-likeness (QED) is 0.791. The van der Waals surface area contributed by atoms with Gasteiger partial charge in [0.25, 0.3) is 5.91 Å². The van der Waals surface area contributed by atoms with Gasteiger partial charge in [0.15, 0.2) is 0 Å². The van der Waals surface area contributed by atoms with Crippen LogP contribution in [0.15, 0.2) is 24.3 Å². The molecular weight excluding hydrogens is 362 g/mol. The Bertz CT molecular complexity index is 775. The number of thiazole rings is 1. The number of aromatic nitrogens is 1. The summed E-state index contributed by atoms with van der Waals surface area (Å²) in [6, 6.07) is 8.13. The molecule has 1 aromatic carbocycles. The summed E-state index contributed by atoms with van der Waals surface area (Å²) in [5.41, 5.74) is 1.04. The molecule has 7 heteroatoms. The molecule has 0 radical (unpaired) electrons. The summed E-state index contributed by atoms with van der Waals surface area (Å²) < 4.78 is 6.68. The first kappa shape index (κ1) is 18.4. The average molecular weight is 388 g/mol. The van der Waals surface area contributed by atoms with Crippen molar-refractivity contribution in [3.8, 4) is 0 Å². The van der Waals surface area contributed by atoms with Gasteiger partial charge in [0, 0.05) is 39.2 Å². The highest BCUT2D eigenvalue weighted by Gasteiger charge is 2.31. The Labute approximate surface area is 163 Å². The highest BCUT2D eigenvalue weighted by Crippen LogP contribution is 2.23. The van der Waals surface area contributed by atoms with Gasteiger partial charge < -0.3 is 14.5 Å². The van der Waals surface area contributed by atoms with Gasteiger partial charge in [0.2, 0.25) is 5.91 Å². The lowest BCUT2D eigenvalue weighted by Gasteiger charge is -2.35. The molecule has 2 aromatic rings. The number of ether oxygens (including phenoxy) is 1. The predicted molar refractivity (Wildman–Crippen MR) is 105 cm³/mol. The van der Waals surface area contributed by atoms with E-state index in [9.17, 15) is 9.59 Å². The van der Waals surface area contributed by atoms with Crippen LogP contribution in [0.1, 0.15) is 30.7 Å². The molecule has 1 aromatic heterocycles. The van der Waals surface area contributed by atoms with E-state index in [0.717, 1.165) is 36.2 Å². The Morgan fingerprint density at radius 3 is 2.67 bits per heavy atom. The lowest BCUT2D eigenvalue weighted by Crippen LogP contribution is -2.52. The number of carbonyl (C=O) groups excluding carboxylic acids is 2. The lowest BCUT2D eigenvalue weighted by molar-refractivity contribution is -0.146. The van der Waals surface area contributed by atoms with Crippen molar-refractivity contribution < 1.29 is 14.3 Å². The molecule has 1 unspecified atom stereocenters. The summed E-state index contributed by atoms with van der Waals surface area (Å²) >= 11 is 1.71. The van der Waals surface area contributed by atoms with Gasteiger partial charge in [0.1, 0.15) is 6.10 Å². The van der Waals surface area contributed by atoms with Crippen LogP contribution in [0, 0.1) is 0 Å². The standard InChI is InChI=1S/C20H25N3O3S/c24-19(9-3-8-18-21-15-5-1-2-7-17(15)27-18)22-10-12-23(13-11-22)20(25)16-6-4-14-26-16/h1-2,5,7,16H,3-4,6,8-14H2. The van der Waals surface area contributed by atoms with E-state index in [1.54, 1.807) is 11.3 Å². The number of carbonyl (C=O) groups is 2. The molecule has 0 spiro atoms. The summed E-state index contributed by atoms with van der Waals surface area (Å²) in [6.07, 6.45) is 3.71. The number of benzene rings is 1. The summed E-state index contributed by atoms with van der Waals surface area (Å²) in [5.74, 6) is 0.274. The fraction of sp³-hybridized carbons (Fsp3) is 0.550. The minimum absolute atomic E-state index is 0.0930. The van der Waals surface area contributed by atoms with Crippen molar-refractivity contribution in [2.45, 2.75) is 38.2 Å². The SMILES string of the molecule is O=C(CCCc1nc2ccccc2s1)N1CCN(C(=O)C2CCCO2)CC1. The molecule has 144 valence electrons. The third-order valence-electron chi connectivity index (χ3n) is 5.27. The Hall–Kier alpha value is -1.99. The summed E-state index contributed by atoms with van der Waals surface area (Å²) in [6.45, 7) is 3.16. The first-order chi connectivity index (χ1) is 13.2. The van der Waals surface area contributed by atoms with E-state index in [4.69, 9.17) is 4.74 Å². The Morgan fingerprint density at radius 2 is 1.93 bits per heavy atom. The highest BCUT2D eigenvalue weighted by atomic mass is 32.1. The second-order valence-corrected chi connectivity index (χ2v) is 8.25. The number of rotatable bonds is 5. The van der Waals surface area contributed by atoms with Crippen LogP contribution in [-0.2, 0) is 20.7 Å². The maximum absolute atomic E-state index is 12.5. The first-order valence-corrected chi connectivity index (χ1v) is 10.5. The maximum Gasteiger partial charge on any atom is 0.251 e. The molecule has 0 aliphatic carbocycles. The second kappa shape index (κ2) is 8.35. The van der Waals surface area contributed by atoms with Crippen LogP contribution in [0.25, 0.3) is 10.2 Å². The van der Waals surface area contributed by atoms with Crippen LogP contribution in [-0.4, -0.2) is 65.5 Å². The van der Waals surface area contributed by atoms with Crippen molar-refractivity contribution >= 4 is 33.4 Å². The lowest BCUT2D eigenvalue weighted by atomic mass is 10.2. The fourth-order valence-electron chi connectivity index (χ4n) is 3.73. The molecule has 27 heavy (non-hydrogen) atoms. The zero-order chi connectivity index (χ0) is 18.6. The monoisotopic (exact) mass is 387 g/mol. The van der Waals surface area contributed by atoms with Gasteiger partial charge in [-0.3, -0.25) is 9.59 Å². The van der Waals surface area contributed by atoms with Gasteiger partial charge in [-0.2, -0.15) is 0 Å². The van der Waals surface area contributed by atoms with Crippen molar-refractivity contribution in [2.75, 3.05) is 32.8 Å². The van der Waals surface area contributed by atoms with Crippen LogP contribution in [0.5, 0.6) is 0 Å². The van der Waals surface area contributed by atoms with E-state index in [1.165, 1.54) is 4.70 Å². The van der Waals surface area contributed by atoms with E-state index in [2.05, 4.69) is 11.1 Å². The van der Waals surface area contributed by atoms with Gasteiger partial charge in [-0.25, -0.2) is 4.98 Å². The Balaban J connectivity index is 1.20. The van der Waals surface area contributed by atoms with Gasteiger partial charge in [-0.15, -0.1) is 11.3 Å². The highest BCUT2D eigenvalue weighted by molar-refractivity contribution is 7.18. The number of amides is 2. The zero-order valence-corrected chi connectivity index (χ0v) is 16.2. The van der Waals surface area contributed by atoms with Crippen molar-refractivity contribution in [1.29, 1.82) is 0 Å². The summed E-state index contributed by atoms with van der Waals surface area (Å²) in [5, 5.41) is 1.09. The predicted octanol–water partition coefficient (Wildman–Crippen LogP) is 2.47. The molecule has 2 aliphatic rings. The summed E-state index contributed by atoms with van der Waals surface area (Å²) in [4.78, 5) is 33.2. The van der Waals surface area contributed by atoms with Gasteiger partial charge in [0.05, 0.1) is 15.2 Å². The minimum Gasteiger partial charge on any atom is -0.368 e. The molecule has 3 heterocycles. The molecule has 0 N–H and O–H groups in total. The smallest absolute Gasteiger partial charge is 0.251 e. The maximum atomic E-state index is 12.5. The molecule has 2 amide bonds. The van der Waals surface area contributed by atoms with Crippen LogP contribution < -0.4 is 0 Å². The van der Waals surface area contributed by atoms with E-state index < -0.39 is 0 Å². The number of hydrogen-bond donors (Lipinski definition) is 0. The summed E-state index contributed by atoms with van der Waals surface area (Å²) in [7, 11) is 0. The van der Waals surface area contributed by atoms with Crippen LogP contribution in [0.2, 0.25) is 0 Å². The molecule has 0 saturated carbocycles. The molecule has 2 saturated heterocycles. The molecule has 4 rings (SSSR count). The van der Waals surface area contributed by atoms with E-state index in [-0.39, 0.29) is 17.9 Å². The minimum atomic E-state index is -0.263. The van der Waals surface area contributed by atoms with Crippen molar-refractivity contribution in [3.05, 3.63) is 29.3 Å². The number of aryl methyl sites for hydroxylation is 1. The average Bonchev–Trinajstić information content (AvgIpc) is 3.37. The first-order valence-electron chi connectivity index (χ1n) is 9.73. The number of para-hydroxylation sites is 1. The van der Waals surface area contributed by atoms with Crippen molar-refractivity contribution in [3.63, 3.8) is 0 Å². The third-order valence-corrected chi connectivity index (χ3v) is 6.36. The zero-order valence-electron chi connectivity index (χ0n) is 15.4. The van der Waals surface area contributed by atoms with Crippen LogP contribution in [0.3, 0.4) is 0 Å². The van der Waals surface area contributed by atoms with E-state index >= 15 is 0 Å². The van der Waals surface area contributed by atoms with Crippen molar-refractivity contribution in [1.82, 2.24) is 14.8 Å². The van der Waals surface area contributed by atoms with Crippen LogP contribution >= 0.6 is 11.3 Å². The third kappa shape index (κ3) is 4.30. The molecule has 6 nitrogen and oxygen atoms in total. The van der Waals surface area contributed by atoms with Gasteiger partial charge in [-0.05, 0) is 37.8 Å². The Kier molecular flexibility index (Phi) is 5.69. The van der Waals surface area contributed by atoms with Gasteiger partial charge in [-0.1, -0.05) is 12.1 Å². The van der Waals surface area contributed by atoms with Gasteiger partial charge >= 0.3 is 0 Å². The second-order valence-electron chi connectivity index (χ2n) is 7.14. The number of hydrogen-bond acceptors (Lipinski definition) is 5. The molecule has 2 fully saturated rings. The largest absolute Gasteiger partial charge is 0.368 e. The fourth-order valence-corrected chi connectivity index (χ4v) is 4.74. The van der Waals surface area contributed by atoms with E-state index in [0.29, 0.717) is 39.2 Å². The van der Waals surface area contributed by atoms with E-state index in [1.807, 2.05) is 28.0 Å². The molecular formula is C20H25N3O3S. The molecule has 0 bridgehead atoms. The topological polar surface area (TPSA) is 62.7 Å². The Morgan fingerprint density at radius 1 is 1.15 bits per heavy atom. The molecule has 1 atom stereocenters. The number of fused-ring (bicyclic) bond motifs is 1. The van der Waals surface area contributed by atoms with Crippen LogP contribution in [0.4, 0.5) is 0 Å². The number of piperazine rings is 1.